The van der Waals surface area contributed by atoms with Crippen molar-refractivity contribution in [2.45, 2.75) is 18.4 Å². The van der Waals surface area contributed by atoms with Gasteiger partial charge < -0.3 is 9.30 Å². The number of hydrogen-bond acceptors (Lipinski definition) is 5. The van der Waals surface area contributed by atoms with Crippen LogP contribution in [0.4, 0.5) is 0 Å². The molecule has 3 rings (SSSR count). The van der Waals surface area contributed by atoms with Crippen molar-refractivity contribution < 1.29 is 17.9 Å². The molecule has 0 saturated carbocycles. The van der Waals surface area contributed by atoms with Gasteiger partial charge in [0.2, 0.25) is 10.0 Å². The molecule has 3 aromatic rings. The molecular formula is C25H25N3O4S2. The monoisotopic (exact) mass is 495 g/mol. The number of sulfonamides is 1. The zero-order chi connectivity index (χ0) is 24.7. The van der Waals surface area contributed by atoms with Crippen LogP contribution in [0.1, 0.15) is 17.3 Å². The summed E-state index contributed by atoms with van der Waals surface area (Å²) < 4.78 is 35.4. The average Bonchev–Trinajstić information content (AvgIpc) is 3.17. The first-order chi connectivity index (χ1) is 16.4. The second-order valence-corrected chi connectivity index (χ2v) is 10.00. The molecule has 0 saturated heterocycles. The number of aromatic nitrogens is 1. The average molecular weight is 496 g/mol. The fourth-order valence-corrected chi connectivity index (χ4v) is 5.75. The smallest absolute Gasteiger partial charge is 0.279 e. The van der Waals surface area contributed by atoms with Gasteiger partial charge in [0.15, 0.2) is 4.80 Å². The van der Waals surface area contributed by atoms with Gasteiger partial charge in [-0.1, -0.05) is 35.5 Å². The molecule has 176 valence electrons. The molecule has 2 aromatic carbocycles. The molecule has 1 heterocycles. The van der Waals surface area contributed by atoms with Gasteiger partial charge in [0.05, 0.1) is 22.7 Å². The highest BCUT2D eigenvalue weighted by Crippen LogP contribution is 2.27. The lowest BCUT2D eigenvalue weighted by Crippen LogP contribution is -2.31. The van der Waals surface area contributed by atoms with E-state index in [4.69, 9.17) is 11.2 Å². The first-order valence-electron chi connectivity index (χ1n) is 10.5. The molecule has 1 amide bonds. The molecule has 0 atom stereocenters. The van der Waals surface area contributed by atoms with E-state index in [0.717, 1.165) is 10.2 Å². The zero-order valence-electron chi connectivity index (χ0n) is 18.8. The van der Waals surface area contributed by atoms with Crippen LogP contribution in [0, 0.1) is 12.3 Å². The summed E-state index contributed by atoms with van der Waals surface area (Å²) >= 11 is 1.33. The number of fused-ring (bicyclic) bond motifs is 1. The van der Waals surface area contributed by atoms with Gasteiger partial charge in [-0.25, -0.2) is 8.42 Å². The topological polar surface area (TPSA) is 81.0 Å². The van der Waals surface area contributed by atoms with Crippen LogP contribution in [0.3, 0.4) is 0 Å². The van der Waals surface area contributed by atoms with Crippen molar-refractivity contribution in [3.8, 4) is 18.1 Å². The maximum absolute atomic E-state index is 12.9. The van der Waals surface area contributed by atoms with Crippen LogP contribution >= 0.6 is 11.3 Å². The molecule has 0 aliphatic heterocycles. The lowest BCUT2D eigenvalue weighted by molar-refractivity contribution is 0.0997. The molecular weight excluding hydrogens is 470 g/mol. The SMILES string of the molecule is C#CCn1c(=NC(=O)c2ccc(S(=O)(=O)N(CC=C)CC=C)cc2)sc2cccc(OCC)c21. The highest BCUT2D eigenvalue weighted by molar-refractivity contribution is 7.89. The number of para-hydroxylation sites is 1. The summed E-state index contributed by atoms with van der Waals surface area (Å²) in [5.74, 6) is 2.76. The van der Waals surface area contributed by atoms with Gasteiger partial charge in [-0.2, -0.15) is 9.30 Å². The molecule has 0 aliphatic carbocycles. The molecule has 0 N–H and O–H groups in total. The summed E-state index contributed by atoms with van der Waals surface area (Å²) in [5, 5.41) is 0. The zero-order valence-corrected chi connectivity index (χ0v) is 20.4. The second kappa shape index (κ2) is 11.1. The van der Waals surface area contributed by atoms with Crippen molar-refractivity contribution in [3.05, 3.63) is 78.1 Å². The minimum atomic E-state index is -3.76. The Bertz CT molecular complexity index is 1420. The number of nitrogens with zero attached hydrogens (tertiary/aromatic N) is 3. The largest absolute Gasteiger partial charge is 0.492 e. The minimum absolute atomic E-state index is 0.0679. The van der Waals surface area contributed by atoms with E-state index in [1.54, 1.807) is 4.57 Å². The van der Waals surface area contributed by atoms with Crippen LogP contribution in [0.5, 0.6) is 5.75 Å². The number of carbonyl (C=O) groups is 1. The predicted octanol–water partition coefficient (Wildman–Crippen LogP) is 3.84. The number of carbonyl (C=O) groups excluding carboxylic acids is 1. The van der Waals surface area contributed by atoms with Crippen LogP contribution in [0.15, 0.2) is 77.7 Å². The fraction of sp³-hybridized carbons (Fsp3) is 0.200. The van der Waals surface area contributed by atoms with Crippen molar-refractivity contribution in [2.24, 2.45) is 4.99 Å². The van der Waals surface area contributed by atoms with E-state index >= 15 is 0 Å². The normalized spacial score (nSPS) is 12.0. The van der Waals surface area contributed by atoms with Gasteiger partial charge in [0.1, 0.15) is 11.3 Å². The Labute approximate surface area is 203 Å². The van der Waals surface area contributed by atoms with Crippen LogP contribution in [0.25, 0.3) is 10.2 Å². The van der Waals surface area contributed by atoms with E-state index in [1.165, 1.54) is 52.1 Å². The number of hydrogen-bond donors (Lipinski definition) is 0. The van der Waals surface area contributed by atoms with Gasteiger partial charge in [0, 0.05) is 18.7 Å². The standard InChI is InChI=1S/C25H25N3O4S2/c1-5-16-27(17-6-2)34(30,31)20-14-12-19(13-15-20)24(29)26-25-28(18-7-3)23-21(32-8-4)10-9-11-22(23)33-25/h3,5-6,9-15H,1-2,8,16-18H2,4H3. The van der Waals surface area contributed by atoms with Crippen molar-refractivity contribution in [1.29, 1.82) is 0 Å². The quantitative estimate of drug-likeness (QED) is 0.316. The summed E-state index contributed by atoms with van der Waals surface area (Å²) in [5.41, 5.74) is 1.04. The van der Waals surface area contributed by atoms with Crippen molar-refractivity contribution >= 4 is 37.5 Å². The molecule has 0 spiro atoms. The summed E-state index contributed by atoms with van der Waals surface area (Å²) in [7, 11) is -3.76. The number of thiazole rings is 1. The van der Waals surface area contributed by atoms with Crippen LogP contribution in [-0.4, -0.2) is 42.9 Å². The Morgan fingerprint density at radius 2 is 1.88 bits per heavy atom. The third kappa shape index (κ3) is 5.20. The molecule has 0 fully saturated rings. The van der Waals surface area contributed by atoms with Gasteiger partial charge in [-0.05, 0) is 43.3 Å². The van der Waals surface area contributed by atoms with Crippen molar-refractivity contribution in [1.82, 2.24) is 8.87 Å². The van der Waals surface area contributed by atoms with E-state index in [9.17, 15) is 13.2 Å². The second-order valence-electron chi connectivity index (χ2n) is 7.05. The molecule has 0 radical (unpaired) electrons. The molecule has 0 bridgehead atoms. The highest BCUT2D eigenvalue weighted by atomic mass is 32.2. The summed E-state index contributed by atoms with van der Waals surface area (Å²) in [4.78, 5) is 17.7. The Hall–Kier alpha value is -3.45. The fourth-order valence-electron chi connectivity index (χ4n) is 3.32. The Balaban J connectivity index is 2.00. The van der Waals surface area contributed by atoms with Gasteiger partial charge >= 0.3 is 0 Å². The van der Waals surface area contributed by atoms with Gasteiger partial charge in [-0.3, -0.25) is 4.79 Å². The lowest BCUT2D eigenvalue weighted by Gasteiger charge is -2.19. The van der Waals surface area contributed by atoms with Crippen molar-refractivity contribution in [2.75, 3.05) is 19.7 Å². The number of amides is 1. The van der Waals surface area contributed by atoms with E-state index in [2.05, 4.69) is 24.1 Å². The summed E-state index contributed by atoms with van der Waals surface area (Å²) in [6.45, 7) is 10.1. The molecule has 1 aromatic heterocycles. The van der Waals surface area contributed by atoms with Crippen LogP contribution in [0.2, 0.25) is 0 Å². The number of benzene rings is 2. The molecule has 34 heavy (non-hydrogen) atoms. The van der Waals surface area contributed by atoms with Gasteiger partial charge in [0.25, 0.3) is 5.91 Å². The summed E-state index contributed by atoms with van der Waals surface area (Å²) in [6.07, 6.45) is 8.57. The summed E-state index contributed by atoms with van der Waals surface area (Å²) in [6, 6.07) is 11.3. The third-order valence-electron chi connectivity index (χ3n) is 4.81. The third-order valence-corrected chi connectivity index (χ3v) is 7.70. The molecule has 9 heteroatoms. The van der Waals surface area contributed by atoms with Crippen LogP contribution < -0.4 is 9.54 Å². The van der Waals surface area contributed by atoms with E-state index in [-0.39, 0.29) is 30.1 Å². The number of ether oxygens (including phenoxy) is 1. The Morgan fingerprint density at radius 1 is 1.21 bits per heavy atom. The maximum atomic E-state index is 12.9. The minimum Gasteiger partial charge on any atom is -0.492 e. The first kappa shape index (κ1) is 25.2. The molecule has 0 unspecified atom stereocenters. The Kier molecular flexibility index (Phi) is 8.23. The predicted molar refractivity (Wildman–Crippen MR) is 135 cm³/mol. The van der Waals surface area contributed by atoms with E-state index < -0.39 is 15.9 Å². The Morgan fingerprint density at radius 3 is 2.47 bits per heavy atom. The highest BCUT2D eigenvalue weighted by Gasteiger charge is 2.22. The molecule has 7 nitrogen and oxygen atoms in total. The van der Waals surface area contributed by atoms with E-state index in [1.807, 2.05) is 25.1 Å². The van der Waals surface area contributed by atoms with E-state index in [0.29, 0.717) is 17.2 Å². The van der Waals surface area contributed by atoms with Gasteiger partial charge in [-0.15, -0.1) is 19.6 Å². The molecule has 0 aliphatic rings. The number of rotatable bonds is 10. The number of terminal acetylenes is 1. The van der Waals surface area contributed by atoms with Crippen molar-refractivity contribution in [3.63, 3.8) is 0 Å². The maximum Gasteiger partial charge on any atom is 0.279 e. The lowest BCUT2D eigenvalue weighted by atomic mass is 10.2. The van der Waals surface area contributed by atoms with Crippen LogP contribution in [-0.2, 0) is 16.6 Å². The first-order valence-corrected chi connectivity index (χ1v) is 12.7.